The predicted octanol–water partition coefficient (Wildman–Crippen LogP) is 3.49. The van der Waals surface area contributed by atoms with Crippen molar-refractivity contribution in [2.24, 2.45) is 23.7 Å². The van der Waals surface area contributed by atoms with Crippen LogP contribution in [-0.4, -0.2) is 17.8 Å². The lowest BCUT2D eigenvalue weighted by Gasteiger charge is -2.22. The molecule has 0 heterocycles. The lowest BCUT2D eigenvalue weighted by atomic mass is 9.82. The molecule has 0 radical (unpaired) electrons. The molecule has 108 valence electrons. The van der Waals surface area contributed by atoms with Crippen LogP contribution in [0.2, 0.25) is 0 Å². The highest BCUT2D eigenvalue weighted by Crippen LogP contribution is 2.27. The largest absolute Gasteiger partial charge is 0.303 e. The van der Waals surface area contributed by atoms with Crippen LogP contribution in [0.3, 0.4) is 0 Å². The van der Waals surface area contributed by atoms with E-state index in [-0.39, 0.29) is 29.2 Å². The van der Waals surface area contributed by atoms with Gasteiger partial charge in [-0.1, -0.05) is 45.3 Å². The SMILES string of the molecule is CC(C)[C@@H](C=O)[C@@H](/C=C/C1CCCCC1)C[N+](=O)[O-]. The van der Waals surface area contributed by atoms with E-state index in [0.29, 0.717) is 5.92 Å². The Morgan fingerprint density at radius 3 is 2.37 bits per heavy atom. The van der Waals surface area contributed by atoms with Crippen LogP contribution >= 0.6 is 0 Å². The van der Waals surface area contributed by atoms with E-state index in [9.17, 15) is 14.9 Å². The first-order chi connectivity index (χ1) is 9.04. The molecule has 1 saturated carbocycles. The van der Waals surface area contributed by atoms with Crippen LogP contribution in [0, 0.1) is 33.8 Å². The van der Waals surface area contributed by atoms with Crippen molar-refractivity contribution in [3.63, 3.8) is 0 Å². The summed E-state index contributed by atoms with van der Waals surface area (Å²) in [5.74, 6) is 0.153. The third kappa shape index (κ3) is 5.53. The van der Waals surface area contributed by atoms with E-state index in [0.717, 1.165) is 6.29 Å². The van der Waals surface area contributed by atoms with Gasteiger partial charge in [-0.15, -0.1) is 0 Å². The van der Waals surface area contributed by atoms with Gasteiger partial charge in [-0.05, 0) is 24.7 Å². The fourth-order valence-corrected chi connectivity index (χ4v) is 2.86. The molecular formula is C15H25NO3. The van der Waals surface area contributed by atoms with Gasteiger partial charge in [-0.25, -0.2) is 0 Å². The van der Waals surface area contributed by atoms with Crippen LogP contribution in [0.4, 0.5) is 0 Å². The first-order valence-electron chi connectivity index (χ1n) is 7.30. The van der Waals surface area contributed by atoms with E-state index in [2.05, 4.69) is 6.08 Å². The average Bonchev–Trinajstić information content (AvgIpc) is 2.36. The molecule has 0 aliphatic heterocycles. The maximum Gasteiger partial charge on any atom is 0.210 e. The monoisotopic (exact) mass is 267 g/mol. The molecule has 0 aromatic heterocycles. The van der Waals surface area contributed by atoms with Crippen molar-refractivity contribution < 1.29 is 9.72 Å². The lowest BCUT2D eigenvalue weighted by Crippen LogP contribution is -2.26. The normalized spacial score (nSPS) is 20.6. The molecule has 0 unspecified atom stereocenters. The third-order valence-electron chi connectivity index (χ3n) is 4.06. The highest BCUT2D eigenvalue weighted by molar-refractivity contribution is 5.55. The Kier molecular flexibility index (Phi) is 6.74. The second-order valence-electron chi connectivity index (χ2n) is 5.92. The van der Waals surface area contributed by atoms with Crippen molar-refractivity contribution in [2.75, 3.05) is 6.54 Å². The number of nitro groups is 1. The molecule has 0 N–H and O–H groups in total. The average molecular weight is 267 g/mol. The van der Waals surface area contributed by atoms with Crippen LogP contribution < -0.4 is 0 Å². The highest BCUT2D eigenvalue weighted by atomic mass is 16.6. The van der Waals surface area contributed by atoms with Gasteiger partial charge in [0.25, 0.3) is 0 Å². The van der Waals surface area contributed by atoms with Crippen molar-refractivity contribution in [1.82, 2.24) is 0 Å². The predicted molar refractivity (Wildman–Crippen MR) is 75.5 cm³/mol. The van der Waals surface area contributed by atoms with Gasteiger partial charge in [0, 0.05) is 10.8 Å². The van der Waals surface area contributed by atoms with Gasteiger partial charge in [0.1, 0.15) is 6.29 Å². The molecule has 0 saturated heterocycles. The number of rotatable bonds is 7. The molecule has 1 aliphatic carbocycles. The Hall–Kier alpha value is -1.19. The molecule has 0 aromatic carbocycles. The zero-order valence-electron chi connectivity index (χ0n) is 12.0. The van der Waals surface area contributed by atoms with E-state index in [1.807, 2.05) is 19.9 Å². The summed E-state index contributed by atoms with van der Waals surface area (Å²) in [6.45, 7) is 3.74. The molecule has 19 heavy (non-hydrogen) atoms. The minimum Gasteiger partial charge on any atom is -0.303 e. The van der Waals surface area contributed by atoms with Crippen LogP contribution in [-0.2, 0) is 4.79 Å². The van der Waals surface area contributed by atoms with Crippen LogP contribution in [0.1, 0.15) is 46.0 Å². The molecule has 4 heteroatoms. The quantitative estimate of drug-likeness (QED) is 0.307. The first kappa shape index (κ1) is 15.9. The van der Waals surface area contributed by atoms with Gasteiger partial charge in [0.05, 0.1) is 5.92 Å². The maximum absolute atomic E-state index is 11.2. The Morgan fingerprint density at radius 2 is 1.89 bits per heavy atom. The van der Waals surface area contributed by atoms with Gasteiger partial charge < -0.3 is 4.79 Å². The summed E-state index contributed by atoms with van der Waals surface area (Å²) in [4.78, 5) is 21.6. The zero-order chi connectivity index (χ0) is 14.3. The number of allylic oxidation sites excluding steroid dienone is 1. The van der Waals surface area contributed by atoms with Gasteiger partial charge in [0.2, 0.25) is 6.54 Å². The van der Waals surface area contributed by atoms with Crippen molar-refractivity contribution in [2.45, 2.75) is 46.0 Å². The number of aldehydes is 1. The van der Waals surface area contributed by atoms with Gasteiger partial charge >= 0.3 is 0 Å². The molecule has 2 atom stereocenters. The lowest BCUT2D eigenvalue weighted by molar-refractivity contribution is -0.487. The van der Waals surface area contributed by atoms with E-state index in [1.54, 1.807) is 0 Å². The Balaban J connectivity index is 2.69. The second-order valence-corrected chi connectivity index (χ2v) is 5.92. The minimum atomic E-state index is -0.311. The van der Waals surface area contributed by atoms with E-state index < -0.39 is 0 Å². The van der Waals surface area contributed by atoms with E-state index >= 15 is 0 Å². The standard InChI is InChI=1S/C15H25NO3/c1-12(2)15(11-17)14(10-16(18)19)9-8-13-6-4-3-5-7-13/h8-9,11-15H,3-7,10H2,1-2H3/b9-8+/t14-,15+/m0/s1. The third-order valence-corrected chi connectivity index (χ3v) is 4.06. The fraction of sp³-hybridized carbons (Fsp3) is 0.800. The smallest absolute Gasteiger partial charge is 0.210 e. The Morgan fingerprint density at radius 1 is 1.26 bits per heavy atom. The summed E-state index contributed by atoms with van der Waals surface area (Å²) in [7, 11) is 0. The zero-order valence-corrected chi connectivity index (χ0v) is 12.0. The summed E-state index contributed by atoms with van der Waals surface area (Å²) in [6, 6.07) is 0. The van der Waals surface area contributed by atoms with E-state index in [1.165, 1.54) is 32.1 Å². The molecule has 1 rings (SSSR count). The van der Waals surface area contributed by atoms with Crippen LogP contribution in [0.5, 0.6) is 0 Å². The second kappa shape index (κ2) is 8.08. The summed E-state index contributed by atoms with van der Waals surface area (Å²) < 4.78 is 0. The number of carbonyl (C=O) groups excluding carboxylic acids is 1. The highest BCUT2D eigenvalue weighted by Gasteiger charge is 2.26. The molecule has 4 nitrogen and oxygen atoms in total. The van der Waals surface area contributed by atoms with Crippen LogP contribution in [0.15, 0.2) is 12.2 Å². The van der Waals surface area contributed by atoms with Crippen molar-refractivity contribution in [3.8, 4) is 0 Å². The molecule has 0 bridgehead atoms. The fourth-order valence-electron chi connectivity index (χ4n) is 2.86. The van der Waals surface area contributed by atoms with Gasteiger partial charge in [-0.2, -0.15) is 0 Å². The Bertz CT molecular complexity index is 319. The minimum absolute atomic E-state index is 0.137. The molecule has 1 aliphatic rings. The number of nitrogens with zero attached hydrogens (tertiary/aromatic N) is 1. The number of carbonyl (C=O) groups is 1. The summed E-state index contributed by atoms with van der Waals surface area (Å²) >= 11 is 0. The van der Waals surface area contributed by atoms with Crippen molar-refractivity contribution >= 4 is 6.29 Å². The molecular weight excluding hydrogens is 242 g/mol. The molecule has 0 aromatic rings. The number of hydrogen-bond acceptors (Lipinski definition) is 3. The summed E-state index contributed by atoms with van der Waals surface area (Å²) in [6.07, 6.45) is 11.1. The Labute approximate surface area is 115 Å². The first-order valence-corrected chi connectivity index (χ1v) is 7.30. The van der Waals surface area contributed by atoms with E-state index in [4.69, 9.17) is 0 Å². The summed E-state index contributed by atoms with van der Waals surface area (Å²) in [5, 5.41) is 10.8. The van der Waals surface area contributed by atoms with Crippen LogP contribution in [0.25, 0.3) is 0 Å². The maximum atomic E-state index is 11.2. The van der Waals surface area contributed by atoms with Gasteiger partial charge in [-0.3, -0.25) is 10.1 Å². The van der Waals surface area contributed by atoms with Crippen molar-refractivity contribution in [3.05, 3.63) is 22.3 Å². The topological polar surface area (TPSA) is 60.2 Å². The van der Waals surface area contributed by atoms with Crippen molar-refractivity contribution in [1.29, 1.82) is 0 Å². The summed E-state index contributed by atoms with van der Waals surface area (Å²) in [5.41, 5.74) is 0. The molecule has 1 fully saturated rings. The van der Waals surface area contributed by atoms with Gasteiger partial charge in [0.15, 0.2) is 0 Å². The molecule has 0 spiro atoms. The molecule has 0 amide bonds. The number of hydrogen-bond donors (Lipinski definition) is 0.